The quantitative estimate of drug-likeness (QED) is 0.640. The van der Waals surface area contributed by atoms with Crippen LogP contribution in [0.2, 0.25) is 0 Å². The standard InChI is InChI=1S/C23H26N4O2/c1-2-3-15-26-22(29)20(27-19-12-8-7-11-18(19)25-23(26)27)16-21(28)24-14-13-17-9-5-4-6-10-17/h4-12,20H,2-3,13-16H2,1H3,(H,24,28). The number of carbonyl (C=O) groups excluding carboxylic acids is 2. The number of amides is 2. The molecule has 2 amide bonds. The van der Waals surface area contributed by atoms with Gasteiger partial charge >= 0.3 is 0 Å². The van der Waals surface area contributed by atoms with E-state index in [0.29, 0.717) is 19.0 Å². The third-order valence-corrected chi connectivity index (χ3v) is 5.37. The van der Waals surface area contributed by atoms with Gasteiger partial charge in [0.25, 0.3) is 5.91 Å². The zero-order valence-corrected chi connectivity index (χ0v) is 16.7. The SMILES string of the molecule is CCCCN1C(=O)C(CC(=O)NCCc2ccccc2)n2c1nc1ccccc12. The maximum atomic E-state index is 13.1. The van der Waals surface area contributed by atoms with Crippen molar-refractivity contribution in [3.63, 3.8) is 0 Å². The monoisotopic (exact) mass is 390 g/mol. The van der Waals surface area contributed by atoms with E-state index in [1.54, 1.807) is 4.90 Å². The van der Waals surface area contributed by atoms with Gasteiger partial charge in [-0.05, 0) is 30.5 Å². The molecule has 1 N–H and O–H groups in total. The third kappa shape index (κ3) is 3.88. The van der Waals surface area contributed by atoms with E-state index in [4.69, 9.17) is 0 Å². The smallest absolute Gasteiger partial charge is 0.253 e. The molecule has 1 aromatic heterocycles. The molecule has 2 heterocycles. The van der Waals surface area contributed by atoms with Gasteiger partial charge in [-0.15, -0.1) is 0 Å². The van der Waals surface area contributed by atoms with Crippen LogP contribution in [-0.2, 0) is 16.0 Å². The predicted molar refractivity (Wildman–Crippen MR) is 114 cm³/mol. The highest BCUT2D eigenvalue weighted by atomic mass is 16.2. The van der Waals surface area contributed by atoms with Crippen molar-refractivity contribution >= 4 is 28.8 Å². The molecule has 6 nitrogen and oxygen atoms in total. The van der Waals surface area contributed by atoms with Gasteiger partial charge in [0.05, 0.1) is 17.5 Å². The van der Waals surface area contributed by atoms with Gasteiger partial charge in [-0.25, -0.2) is 4.98 Å². The Hall–Kier alpha value is -3.15. The lowest BCUT2D eigenvalue weighted by Gasteiger charge is -2.15. The highest BCUT2D eigenvalue weighted by Crippen LogP contribution is 2.36. The van der Waals surface area contributed by atoms with Crippen molar-refractivity contribution in [2.45, 2.75) is 38.6 Å². The molecule has 0 radical (unpaired) electrons. The topological polar surface area (TPSA) is 67.2 Å². The van der Waals surface area contributed by atoms with Gasteiger partial charge in [-0.3, -0.25) is 19.1 Å². The van der Waals surface area contributed by atoms with E-state index in [9.17, 15) is 9.59 Å². The van der Waals surface area contributed by atoms with Gasteiger partial charge < -0.3 is 5.32 Å². The fourth-order valence-corrected chi connectivity index (χ4v) is 3.86. The van der Waals surface area contributed by atoms with Gasteiger partial charge in [0.1, 0.15) is 6.04 Å². The molecule has 1 aliphatic heterocycles. The number of para-hydroxylation sites is 2. The average molecular weight is 390 g/mol. The van der Waals surface area contributed by atoms with Gasteiger partial charge in [0, 0.05) is 13.1 Å². The van der Waals surface area contributed by atoms with E-state index in [-0.39, 0.29) is 18.2 Å². The van der Waals surface area contributed by atoms with Crippen molar-refractivity contribution in [3.8, 4) is 0 Å². The minimum Gasteiger partial charge on any atom is -0.356 e. The number of carbonyl (C=O) groups is 2. The Morgan fingerprint density at radius 2 is 1.86 bits per heavy atom. The maximum absolute atomic E-state index is 13.1. The Morgan fingerprint density at radius 3 is 2.66 bits per heavy atom. The molecule has 0 aliphatic carbocycles. The molecule has 2 aromatic carbocycles. The van der Waals surface area contributed by atoms with Crippen LogP contribution in [0.4, 0.5) is 5.95 Å². The highest BCUT2D eigenvalue weighted by molar-refractivity contribution is 6.03. The van der Waals surface area contributed by atoms with Gasteiger partial charge in [-0.1, -0.05) is 55.8 Å². The molecule has 1 unspecified atom stereocenters. The molecule has 0 saturated carbocycles. The summed E-state index contributed by atoms with van der Waals surface area (Å²) in [5, 5.41) is 2.96. The number of unbranched alkanes of at least 4 members (excludes halogenated alkanes) is 1. The van der Waals surface area contributed by atoms with E-state index < -0.39 is 6.04 Å². The van der Waals surface area contributed by atoms with Crippen molar-refractivity contribution in [2.24, 2.45) is 0 Å². The number of aromatic nitrogens is 2. The molecule has 1 aliphatic rings. The lowest BCUT2D eigenvalue weighted by Crippen LogP contribution is -2.34. The second-order valence-corrected chi connectivity index (χ2v) is 7.42. The van der Waals surface area contributed by atoms with E-state index >= 15 is 0 Å². The van der Waals surface area contributed by atoms with E-state index in [1.807, 2.05) is 59.2 Å². The number of nitrogens with one attached hydrogen (secondary N) is 1. The van der Waals surface area contributed by atoms with Crippen LogP contribution in [0.15, 0.2) is 54.6 Å². The zero-order chi connectivity index (χ0) is 20.2. The van der Waals surface area contributed by atoms with Crippen LogP contribution in [-0.4, -0.2) is 34.5 Å². The number of hydrogen-bond donors (Lipinski definition) is 1. The predicted octanol–water partition coefficient (Wildman–Crippen LogP) is 3.47. The molecule has 0 bridgehead atoms. The third-order valence-electron chi connectivity index (χ3n) is 5.37. The number of rotatable bonds is 8. The van der Waals surface area contributed by atoms with Crippen LogP contribution in [0.5, 0.6) is 0 Å². The first-order valence-corrected chi connectivity index (χ1v) is 10.3. The first-order chi connectivity index (χ1) is 14.2. The summed E-state index contributed by atoms with van der Waals surface area (Å²) in [5.41, 5.74) is 2.93. The molecule has 3 aromatic rings. The number of fused-ring (bicyclic) bond motifs is 3. The summed E-state index contributed by atoms with van der Waals surface area (Å²) in [4.78, 5) is 32.1. The van der Waals surface area contributed by atoms with Crippen LogP contribution in [0.25, 0.3) is 11.0 Å². The molecule has 0 saturated heterocycles. The molecular formula is C23H26N4O2. The van der Waals surface area contributed by atoms with E-state index in [0.717, 1.165) is 30.3 Å². The summed E-state index contributed by atoms with van der Waals surface area (Å²) in [6.07, 6.45) is 2.80. The summed E-state index contributed by atoms with van der Waals surface area (Å²) in [6, 6.07) is 17.3. The van der Waals surface area contributed by atoms with Crippen molar-refractivity contribution in [3.05, 3.63) is 60.2 Å². The lowest BCUT2D eigenvalue weighted by molar-refractivity contribution is -0.127. The highest BCUT2D eigenvalue weighted by Gasteiger charge is 2.40. The Bertz CT molecular complexity index is 1010. The van der Waals surface area contributed by atoms with E-state index in [2.05, 4.69) is 17.2 Å². The maximum Gasteiger partial charge on any atom is 0.253 e. The number of benzene rings is 2. The average Bonchev–Trinajstić information content (AvgIpc) is 3.22. The second kappa shape index (κ2) is 8.47. The zero-order valence-electron chi connectivity index (χ0n) is 16.7. The number of nitrogens with zero attached hydrogens (tertiary/aromatic N) is 3. The first-order valence-electron chi connectivity index (χ1n) is 10.3. The minimum absolute atomic E-state index is 0.0371. The molecule has 0 spiro atoms. The van der Waals surface area contributed by atoms with Gasteiger partial charge in [-0.2, -0.15) is 0 Å². The summed E-state index contributed by atoms with van der Waals surface area (Å²) in [5.74, 6) is 0.511. The molecule has 150 valence electrons. The second-order valence-electron chi connectivity index (χ2n) is 7.42. The largest absolute Gasteiger partial charge is 0.356 e. The van der Waals surface area contributed by atoms with Crippen molar-refractivity contribution in [2.75, 3.05) is 18.0 Å². The fraction of sp³-hybridized carbons (Fsp3) is 0.348. The molecule has 29 heavy (non-hydrogen) atoms. The number of hydrogen-bond acceptors (Lipinski definition) is 3. The lowest BCUT2D eigenvalue weighted by atomic mass is 10.1. The fourth-order valence-electron chi connectivity index (χ4n) is 3.86. The molecule has 1 atom stereocenters. The normalized spacial score (nSPS) is 15.7. The van der Waals surface area contributed by atoms with Crippen LogP contribution in [0.3, 0.4) is 0 Å². The summed E-state index contributed by atoms with van der Waals surface area (Å²) in [7, 11) is 0. The van der Waals surface area contributed by atoms with E-state index in [1.165, 1.54) is 5.56 Å². The van der Waals surface area contributed by atoms with Crippen LogP contribution in [0.1, 0.15) is 37.8 Å². The number of imidazole rings is 1. The Morgan fingerprint density at radius 1 is 1.10 bits per heavy atom. The molecule has 6 heteroatoms. The van der Waals surface area contributed by atoms with Crippen molar-refractivity contribution < 1.29 is 9.59 Å². The molecular weight excluding hydrogens is 364 g/mol. The first kappa shape index (κ1) is 19.2. The van der Waals surface area contributed by atoms with Crippen LogP contribution in [0, 0.1) is 0 Å². The minimum atomic E-state index is -0.536. The summed E-state index contributed by atoms with van der Waals surface area (Å²) in [6.45, 7) is 3.28. The summed E-state index contributed by atoms with van der Waals surface area (Å²) < 4.78 is 1.93. The summed E-state index contributed by atoms with van der Waals surface area (Å²) >= 11 is 0. The molecule has 4 rings (SSSR count). The van der Waals surface area contributed by atoms with Crippen LogP contribution < -0.4 is 10.2 Å². The van der Waals surface area contributed by atoms with Gasteiger partial charge in [0.2, 0.25) is 11.9 Å². The Labute approximate surface area is 170 Å². The van der Waals surface area contributed by atoms with Crippen LogP contribution >= 0.6 is 0 Å². The molecule has 0 fully saturated rings. The van der Waals surface area contributed by atoms with Crippen molar-refractivity contribution in [1.82, 2.24) is 14.9 Å². The Balaban J connectivity index is 1.49. The van der Waals surface area contributed by atoms with Gasteiger partial charge in [0.15, 0.2) is 0 Å². The number of anilines is 1. The van der Waals surface area contributed by atoms with Crippen molar-refractivity contribution in [1.29, 1.82) is 0 Å². The Kier molecular flexibility index (Phi) is 5.60.